The third kappa shape index (κ3) is 2.12. The molecule has 7 rings (SSSR count). The molecule has 0 saturated carbocycles. The van der Waals surface area contributed by atoms with Gasteiger partial charge in [-0.3, -0.25) is 0 Å². The van der Waals surface area contributed by atoms with Gasteiger partial charge in [-0.25, -0.2) is 0 Å². The fourth-order valence-electron chi connectivity index (χ4n) is 5.57. The first kappa shape index (κ1) is 17.0. The maximum absolute atomic E-state index is 3.34. The molecule has 0 amide bonds. The highest BCUT2D eigenvalue weighted by molar-refractivity contribution is 6.12. The first-order chi connectivity index (χ1) is 15.1. The fourth-order valence-corrected chi connectivity index (χ4v) is 5.57. The minimum Gasteiger partial charge on any atom is -0.361 e. The van der Waals surface area contributed by atoms with E-state index in [1.165, 1.54) is 60.6 Å². The van der Waals surface area contributed by atoms with E-state index in [0.29, 0.717) is 0 Å². The maximum atomic E-state index is 3.34. The van der Waals surface area contributed by atoms with Gasteiger partial charge in [-0.15, -0.1) is 0 Å². The SMILES string of the molecule is CC1(C)c2ccccc2-n2c3ccc(-c4ccc5cc[nH]c5c4)cc3c3cccc1c32. The summed E-state index contributed by atoms with van der Waals surface area (Å²) in [5.41, 5.74) is 10.3. The van der Waals surface area contributed by atoms with Crippen molar-refractivity contribution in [1.29, 1.82) is 0 Å². The second-order valence-electron chi connectivity index (χ2n) is 9.19. The molecular formula is C29H22N2. The van der Waals surface area contributed by atoms with Crippen LogP contribution in [0.3, 0.4) is 0 Å². The molecule has 6 aromatic rings. The van der Waals surface area contributed by atoms with Crippen molar-refractivity contribution in [2.24, 2.45) is 0 Å². The monoisotopic (exact) mass is 398 g/mol. The Balaban J connectivity index is 1.58. The molecule has 0 aliphatic carbocycles. The van der Waals surface area contributed by atoms with Crippen molar-refractivity contribution < 1.29 is 0 Å². The van der Waals surface area contributed by atoms with Crippen molar-refractivity contribution in [3.63, 3.8) is 0 Å². The topological polar surface area (TPSA) is 20.7 Å². The van der Waals surface area contributed by atoms with Crippen molar-refractivity contribution >= 4 is 32.7 Å². The van der Waals surface area contributed by atoms with Crippen molar-refractivity contribution in [2.45, 2.75) is 19.3 Å². The number of benzene rings is 4. The lowest BCUT2D eigenvalue weighted by Crippen LogP contribution is -2.26. The van der Waals surface area contributed by atoms with Gasteiger partial charge in [-0.1, -0.05) is 68.4 Å². The Morgan fingerprint density at radius 3 is 2.45 bits per heavy atom. The number of hydrogen-bond donors (Lipinski definition) is 1. The van der Waals surface area contributed by atoms with Gasteiger partial charge in [0.1, 0.15) is 0 Å². The van der Waals surface area contributed by atoms with Gasteiger partial charge in [0.05, 0.1) is 16.7 Å². The van der Waals surface area contributed by atoms with Crippen LogP contribution in [-0.4, -0.2) is 9.55 Å². The van der Waals surface area contributed by atoms with Gasteiger partial charge in [0, 0.05) is 27.9 Å². The molecule has 0 unspecified atom stereocenters. The van der Waals surface area contributed by atoms with E-state index in [1.54, 1.807) is 0 Å². The van der Waals surface area contributed by atoms with E-state index in [2.05, 4.69) is 108 Å². The first-order valence-electron chi connectivity index (χ1n) is 10.9. The molecule has 0 spiro atoms. The molecule has 1 N–H and O–H groups in total. The summed E-state index contributed by atoms with van der Waals surface area (Å²) in [7, 11) is 0. The summed E-state index contributed by atoms with van der Waals surface area (Å²) in [6, 6.07) is 31.3. The van der Waals surface area contributed by atoms with Gasteiger partial charge in [0.15, 0.2) is 0 Å². The highest BCUT2D eigenvalue weighted by Gasteiger charge is 2.34. The van der Waals surface area contributed by atoms with Gasteiger partial charge in [-0.2, -0.15) is 0 Å². The first-order valence-corrected chi connectivity index (χ1v) is 10.9. The lowest BCUT2D eigenvalue weighted by atomic mass is 9.75. The molecule has 0 atom stereocenters. The van der Waals surface area contributed by atoms with E-state index >= 15 is 0 Å². The van der Waals surface area contributed by atoms with Gasteiger partial charge < -0.3 is 9.55 Å². The van der Waals surface area contributed by atoms with E-state index < -0.39 is 0 Å². The number of H-pyrrole nitrogens is 1. The van der Waals surface area contributed by atoms with Gasteiger partial charge in [0.25, 0.3) is 0 Å². The summed E-state index contributed by atoms with van der Waals surface area (Å²) >= 11 is 0. The van der Waals surface area contributed by atoms with Crippen LogP contribution in [0.2, 0.25) is 0 Å². The van der Waals surface area contributed by atoms with Crippen LogP contribution in [0.1, 0.15) is 25.0 Å². The molecule has 2 aromatic heterocycles. The number of aromatic amines is 1. The number of fused-ring (bicyclic) bond motifs is 6. The second kappa shape index (κ2) is 5.67. The third-order valence-electron chi connectivity index (χ3n) is 7.17. The van der Waals surface area contributed by atoms with Crippen LogP contribution in [0.25, 0.3) is 49.5 Å². The lowest BCUT2D eigenvalue weighted by Gasteiger charge is -2.34. The maximum Gasteiger partial charge on any atom is 0.0582 e. The average molecular weight is 399 g/mol. The van der Waals surface area contributed by atoms with Gasteiger partial charge >= 0.3 is 0 Å². The van der Waals surface area contributed by atoms with Crippen LogP contribution in [-0.2, 0) is 5.41 Å². The molecule has 31 heavy (non-hydrogen) atoms. The smallest absolute Gasteiger partial charge is 0.0582 e. The van der Waals surface area contributed by atoms with E-state index in [9.17, 15) is 0 Å². The Hall–Kier alpha value is -3.78. The summed E-state index contributed by atoms with van der Waals surface area (Å²) in [4.78, 5) is 3.34. The molecule has 0 fully saturated rings. The molecule has 0 saturated heterocycles. The summed E-state index contributed by atoms with van der Waals surface area (Å²) in [5.74, 6) is 0. The molecule has 0 bridgehead atoms. The minimum atomic E-state index is -0.0258. The third-order valence-corrected chi connectivity index (χ3v) is 7.17. The predicted octanol–water partition coefficient (Wildman–Crippen LogP) is 7.57. The van der Waals surface area contributed by atoms with Crippen molar-refractivity contribution in [3.05, 3.63) is 102 Å². The quantitative estimate of drug-likeness (QED) is 0.295. The molecule has 3 heterocycles. The lowest BCUT2D eigenvalue weighted by molar-refractivity contribution is 0.630. The van der Waals surface area contributed by atoms with Crippen LogP contribution in [0.4, 0.5) is 0 Å². The number of rotatable bonds is 1. The summed E-state index contributed by atoms with van der Waals surface area (Å²) < 4.78 is 2.47. The van der Waals surface area contributed by atoms with Crippen molar-refractivity contribution in [1.82, 2.24) is 9.55 Å². The van der Waals surface area contributed by atoms with E-state index in [4.69, 9.17) is 0 Å². The van der Waals surface area contributed by atoms with Crippen LogP contribution < -0.4 is 0 Å². The number of nitrogens with one attached hydrogen (secondary N) is 1. The molecule has 2 nitrogen and oxygen atoms in total. The number of para-hydroxylation sites is 2. The Labute approximate surface area is 180 Å². The van der Waals surface area contributed by atoms with Crippen LogP contribution >= 0.6 is 0 Å². The number of aromatic nitrogens is 2. The summed E-state index contributed by atoms with van der Waals surface area (Å²) in [6.45, 7) is 4.69. The van der Waals surface area contributed by atoms with Crippen LogP contribution in [0, 0.1) is 0 Å². The Morgan fingerprint density at radius 2 is 1.52 bits per heavy atom. The molecule has 0 radical (unpaired) electrons. The second-order valence-corrected chi connectivity index (χ2v) is 9.19. The van der Waals surface area contributed by atoms with Crippen LogP contribution in [0.5, 0.6) is 0 Å². The molecule has 1 aliphatic rings. The predicted molar refractivity (Wildman–Crippen MR) is 130 cm³/mol. The standard InChI is InChI=1S/C29H22N2/c1-29(2)23-7-3-4-9-27(23)31-26-13-12-19(20-11-10-18-14-15-30-25(18)17-20)16-22(26)21-6-5-8-24(29)28(21)31/h3-17,30H,1-2H3. The highest BCUT2D eigenvalue weighted by atomic mass is 15.0. The summed E-state index contributed by atoms with van der Waals surface area (Å²) in [6.07, 6.45) is 2.00. The minimum absolute atomic E-state index is 0.0258. The highest BCUT2D eigenvalue weighted by Crippen LogP contribution is 2.47. The van der Waals surface area contributed by atoms with Crippen molar-refractivity contribution in [3.8, 4) is 16.8 Å². The Kier molecular flexibility index (Phi) is 3.10. The number of nitrogens with zero attached hydrogens (tertiary/aromatic N) is 1. The van der Waals surface area contributed by atoms with E-state index in [0.717, 1.165) is 0 Å². The fraction of sp³-hybridized carbons (Fsp3) is 0.103. The molecule has 2 heteroatoms. The molecule has 1 aliphatic heterocycles. The molecular weight excluding hydrogens is 376 g/mol. The van der Waals surface area contributed by atoms with E-state index in [-0.39, 0.29) is 5.41 Å². The Bertz CT molecular complexity index is 1660. The zero-order valence-corrected chi connectivity index (χ0v) is 17.6. The normalized spacial score (nSPS) is 14.4. The molecule has 148 valence electrons. The van der Waals surface area contributed by atoms with E-state index in [1.807, 2.05) is 6.20 Å². The van der Waals surface area contributed by atoms with Gasteiger partial charge in [0.2, 0.25) is 0 Å². The largest absolute Gasteiger partial charge is 0.361 e. The zero-order valence-electron chi connectivity index (χ0n) is 17.6. The zero-order chi connectivity index (χ0) is 20.7. The molecule has 4 aromatic carbocycles. The summed E-state index contributed by atoms with van der Waals surface area (Å²) in [5, 5.41) is 3.89. The average Bonchev–Trinajstić information content (AvgIpc) is 3.40. The Morgan fingerprint density at radius 1 is 0.710 bits per heavy atom. The number of hydrogen-bond acceptors (Lipinski definition) is 0. The van der Waals surface area contributed by atoms with Crippen molar-refractivity contribution in [2.75, 3.05) is 0 Å². The van der Waals surface area contributed by atoms with Crippen LogP contribution in [0.15, 0.2) is 91.1 Å². The van der Waals surface area contributed by atoms with Gasteiger partial charge in [-0.05, 0) is 58.0 Å².